The molecule has 0 saturated carbocycles. The molecule has 204 valence electrons. The van der Waals surface area contributed by atoms with Gasteiger partial charge in [0.15, 0.2) is 0 Å². The molecule has 1 aromatic heterocycles. The van der Waals surface area contributed by atoms with Crippen molar-refractivity contribution in [1.29, 1.82) is 0 Å². The molecule has 2 aliphatic rings. The molecule has 8 nitrogen and oxygen atoms in total. The Hall–Kier alpha value is -3.43. The lowest BCUT2D eigenvalue weighted by Crippen LogP contribution is -2.50. The molecule has 39 heavy (non-hydrogen) atoms. The summed E-state index contributed by atoms with van der Waals surface area (Å²) < 4.78 is 12.7. The first-order valence-corrected chi connectivity index (χ1v) is 13.9. The summed E-state index contributed by atoms with van der Waals surface area (Å²) >= 11 is 3.38. The summed E-state index contributed by atoms with van der Waals surface area (Å²) in [6.45, 7) is 4.42. The standard InChI is InChI=1S/C30H32BrN3O5/c1-18-14-34(19(2)16-35)29(36)25-12-20(31)13-32-28(25)39-27(18)15-33(3)30(37)38-17-26-23-10-6-4-8-21(23)22-9-5-7-11-24(22)26/h4-13,18-19,26-27,35H,14-17H2,1-3H3. The summed E-state index contributed by atoms with van der Waals surface area (Å²) in [6, 6.07) is 17.7. The van der Waals surface area contributed by atoms with Crippen LogP contribution >= 0.6 is 15.9 Å². The van der Waals surface area contributed by atoms with E-state index in [1.54, 1.807) is 31.1 Å². The highest BCUT2D eigenvalue weighted by Gasteiger charge is 2.35. The highest BCUT2D eigenvalue weighted by Crippen LogP contribution is 2.44. The van der Waals surface area contributed by atoms with Gasteiger partial charge in [-0.15, -0.1) is 0 Å². The van der Waals surface area contributed by atoms with Gasteiger partial charge in [0.2, 0.25) is 5.88 Å². The monoisotopic (exact) mass is 593 g/mol. The number of hydrogen-bond acceptors (Lipinski definition) is 6. The third-order valence-electron chi connectivity index (χ3n) is 7.59. The number of nitrogens with zero attached hydrogens (tertiary/aromatic N) is 3. The van der Waals surface area contributed by atoms with Crippen LogP contribution in [0.1, 0.15) is 41.3 Å². The third kappa shape index (κ3) is 5.38. The van der Waals surface area contributed by atoms with E-state index >= 15 is 0 Å². The Bertz CT molecular complexity index is 1340. The first kappa shape index (κ1) is 27.1. The van der Waals surface area contributed by atoms with Crippen LogP contribution < -0.4 is 4.74 Å². The third-order valence-corrected chi connectivity index (χ3v) is 8.02. The van der Waals surface area contributed by atoms with Crippen LogP contribution in [0.4, 0.5) is 4.79 Å². The average Bonchev–Trinajstić information content (AvgIpc) is 3.27. The van der Waals surface area contributed by atoms with Gasteiger partial charge in [-0.2, -0.15) is 0 Å². The minimum Gasteiger partial charge on any atom is -0.472 e. The molecule has 2 heterocycles. The van der Waals surface area contributed by atoms with Crippen LogP contribution in [0.5, 0.6) is 5.88 Å². The maximum atomic E-state index is 13.3. The number of rotatable bonds is 6. The summed E-state index contributed by atoms with van der Waals surface area (Å²) in [6.07, 6.45) is 0.671. The van der Waals surface area contributed by atoms with Gasteiger partial charge < -0.3 is 24.4 Å². The molecule has 2 aromatic carbocycles. The lowest BCUT2D eigenvalue weighted by atomic mass is 9.98. The van der Waals surface area contributed by atoms with Gasteiger partial charge in [0, 0.05) is 36.1 Å². The average molecular weight is 595 g/mol. The molecule has 1 aliphatic heterocycles. The fourth-order valence-electron chi connectivity index (χ4n) is 5.34. The van der Waals surface area contributed by atoms with Crippen LogP contribution in [0.25, 0.3) is 11.1 Å². The van der Waals surface area contributed by atoms with Crippen molar-refractivity contribution in [3.8, 4) is 17.0 Å². The molecule has 1 N–H and O–H groups in total. The minimum atomic E-state index is -0.454. The summed E-state index contributed by atoms with van der Waals surface area (Å²) in [5, 5.41) is 9.79. The van der Waals surface area contributed by atoms with E-state index in [0.717, 1.165) is 11.1 Å². The van der Waals surface area contributed by atoms with Crippen LogP contribution in [0.2, 0.25) is 0 Å². The molecule has 0 spiro atoms. The van der Waals surface area contributed by atoms with E-state index in [1.807, 2.05) is 31.2 Å². The number of halogens is 1. The number of hydrogen-bond donors (Lipinski definition) is 1. The number of ether oxygens (including phenoxy) is 2. The fraction of sp³-hybridized carbons (Fsp3) is 0.367. The zero-order valence-corrected chi connectivity index (χ0v) is 23.8. The molecule has 5 rings (SSSR count). The number of amides is 2. The number of benzene rings is 2. The van der Waals surface area contributed by atoms with Crippen molar-refractivity contribution >= 4 is 27.9 Å². The number of fused-ring (bicyclic) bond motifs is 4. The number of carbonyl (C=O) groups excluding carboxylic acids is 2. The topological polar surface area (TPSA) is 92.2 Å². The lowest BCUT2D eigenvalue weighted by molar-refractivity contribution is 0.0305. The maximum Gasteiger partial charge on any atom is 0.409 e. The van der Waals surface area contributed by atoms with Gasteiger partial charge >= 0.3 is 6.09 Å². The second-order valence-corrected chi connectivity index (χ2v) is 11.2. The van der Waals surface area contributed by atoms with Gasteiger partial charge in [-0.1, -0.05) is 55.5 Å². The highest BCUT2D eigenvalue weighted by atomic mass is 79.9. The van der Waals surface area contributed by atoms with Gasteiger partial charge in [-0.25, -0.2) is 9.78 Å². The number of aliphatic hydroxyl groups is 1. The number of carbonyl (C=O) groups is 2. The first-order valence-electron chi connectivity index (χ1n) is 13.1. The largest absolute Gasteiger partial charge is 0.472 e. The van der Waals surface area contributed by atoms with E-state index in [2.05, 4.69) is 45.2 Å². The maximum absolute atomic E-state index is 13.3. The van der Waals surface area contributed by atoms with Crippen molar-refractivity contribution in [2.24, 2.45) is 5.92 Å². The Morgan fingerprint density at radius 3 is 2.46 bits per heavy atom. The van der Waals surface area contributed by atoms with Gasteiger partial charge in [0.05, 0.1) is 19.2 Å². The minimum absolute atomic E-state index is 0.0274. The summed E-state index contributed by atoms with van der Waals surface area (Å²) in [5.41, 5.74) is 4.97. The predicted octanol–water partition coefficient (Wildman–Crippen LogP) is 4.95. The van der Waals surface area contributed by atoms with Crippen molar-refractivity contribution in [1.82, 2.24) is 14.8 Å². The summed E-state index contributed by atoms with van der Waals surface area (Å²) in [5.74, 6) is -0.225. The highest BCUT2D eigenvalue weighted by molar-refractivity contribution is 9.10. The van der Waals surface area contributed by atoms with Crippen LogP contribution in [0.15, 0.2) is 65.3 Å². The first-order chi connectivity index (χ1) is 18.8. The molecule has 3 atom stereocenters. The van der Waals surface area contributed by atoms with E-state index < -0.39 is 12.2 Å². The smallest absolute Gasteiger partial charge is 0.409 e. The Balaban J connectivity index is 1.31. The van der Waals surface area contributed by atoms with Crippen LogP contribution in [0.3, 0.4) is 0 Å². The van der Waals surface area contributed by atoms with E-state index in [0.29, 0.717) is 16.6 Å². The quantitative estimate of drug-likeness (QED) is 0.435. The van der Waals surface area contributed by atoms with E-state index in [9.17, 15) is 14.7 Å². The zero-order chi connectivity index (χ0) is 27.7. The second-order valence-electron chi connectivity index (χ2n) is 10.3. The normalized spacial score (nSPS) is 19.2. The van der Waals surface area contributed by atoms with E-state index in [1.165, 1.54) is 16.0 Å². The van der Waals surface area contributed by atoms with Gasteiger partial charge in [0.1, 0.15) is 18.3 Å². The van der Waals surface area contributed by atoms with Gasteiger partial charge in [-0.05, 0) is 51.2 Å². The Labute approximate surface area is 236 Å². The number of aliphatic hydroxyl groups excluding tert-OH is 1. The SMILES string of the molecule is CC1CN(C(C)CO)C(=O)c2cc(Br)cnc2OC1CN(C)C(=O)OCC1c2ccccc2-c2ccccc21. The molecule has 0 bridgehead atoms. The van der Waals surface area contributed by atoms with Crippen LogP contribution in [-0.4, -0.2) is 77.4 Å². The molecule has 2 amide bonds. The number of likely N-dealkylation sites (N-methyl/N-ethyl adjacent to an activating group) is 1. The molecule has 3 unspecified atom stereocenters. The summed E-state index contributed by atoms with van der Waals surface area (Å²) in [7, 11) is 1.68. The molecular formula is C30H32BrN3O5. The zero-order valence-electron chi connectivity index (χ0n) is 22.2. The summed E-state index contributed by atoms with van der Waals surface area (Å²) in [4.78, 5) is 33.9. The Morgan fingerprint density at radius 2 is 1.82 bits per heavy atom. The lowest BCUT2D eigenvalue weighted by Gasteiger charge is -2.37. The molecule has 0 saturated heterocycles. The molecule has 0 fully saturated rings. The van der Waals surface area contributed by atoms with Crippen molar-refractivity contribution in [3.63, 3.8) is 0 Å². The molecule has 3 aromatic rings. The van der Waals surface area contributed by atoms with Crippen LogP contribution in [0, 0.1) is 5.92 Å². The van der Waals surface area contributed by atoms with Crippen LogP contribution in [-0.2, 0) is 4.74 Å². The predicted molar refractivity (Wildman–Crippen MR) is 151 cm³/mol. The second kappa shape index (κ2) is 11.4. The van der Waals surface area contributed by atoms with Gasteiger partial charge in [-0.3, -0.25) is 4.79 Å². The molecule has 0 radical (unpaired) electrons. The number of aromatic nitrogens is 1. The van der Waals surface area contributed by atoms with Gasteiger partial charge in [0.25, 0.3) is 5.91 Å². The van der Waals surface area contributed by atoms with Crippen molar-refractivity contribution < 1.29 is 24.2 Å². The van der Waals surface area contributed by atoms with E-state index in [4.69, 9.17) is 9.47 Å². The Kier molecular flexibility index (Phi) is 7.91. The van der Waals surface area contributed by atoms with Crippen molar-refractivity contribution in [3.05, 3.63) is 82.0 Å². The number of pyridine rings is 1. The molecule has 9 heteroatoms. The van der Waals surface area contributed by atoms with Crippen molar-refractivity contribution in [2.75, 3.05) is 33.4 Å². The van der Waals surface area contributed by atoms with E-state index in [-0.39, 0.29) is 49.4 Å². The molecule has 1 aliphatic carbocycles. The van der Waals surface area contributed by atoms with Crippen molar-refractivity contribution in [2.45, 2.75) is 31.9 Å². The fourth-order valence-corrected chi connectivity index (χ4v) is 5.67. The Morgan fingerprint density at radius 1 is 1.18 bits per heavy atom. The molecular weight excluding hydrogens is 562 g/mol.